The largest absolute Gasteiger partial charge is 0.459 e. The molecular weight excluding hydrogens is 226 g/mol. The second-order valence-corrected chi connectivity index (χ2v) is 4.96. The number of carbonyl (C=O) groups excluding carboxylic acids is 1. The molecule has 1 aliphatic rings. The molecule has 1 aliphatic heterocycles. The molecule has 0 radical (unpaired) electrons. The zero-order valence-corrected chi connectivity index (χ0v) is 9.79. The predicted molar refractivity (Wildman–Crippen MR) is 61.1 cm³/mol. The molecule has 0 spiro atoms. The van der Waals surface area contributed by atoms with Crippen LogP contribution in [-0.4, -0.2) is 24.7 Å². The summed E-state index contributed by atoms with van der Waals surface area (Å²) >= 11 is 1.57. The van der Waals surface area contributed by atoms with Crippen LogP contribution < -0.4 is 5.73 Å². The SMILES string of the molecule is NC1(C(=O)OCc2cccs2)CCOCC1. The van der Waals surface area contributed by atoms with Gasteiger partial charge in [-0.15, -0.1) is 11.3 Å². The lowest BCUT2D eigenvalue weighted by atomic mass is 9.92. The Hall–Kier alpha value is -0.910. The Morgan fingerprint density at radius 1 is 1.56 bits per heavy atom. The molecule has 1 saturated heterocycles. The molecule has 0 amide bonds. The number of hydrogen-bond acceptors (Lipinski definition) is 5. The highest BCUT2D eigenvalue weighted by atomic mass is 32.1. The fraction of sp³-hybridized carbons (Fsp3) is 0.545. The molecule has 0 unspecified atom stereocenters. The number of esters is 1. The number of carbonyl (C=O) groups is 1. The van der Waals surface area contributed by atoms with E-state index < -0.39 is 5.54 Å². The molecule has 0 bridgehead atoms. The second kappa shape index (κ2) is 4.95. The number of ether oxygens (including phenoxy) is 2. The Morgan fingerprint density at radius 2 is 2.31 bits per heavy atom. The second-order valence-electron chi connectivity index (χ2n) is 3.92. The fourth-order valence-electron chi connectivity index (χ4n) is 1.61. The molecule has 1 aromatic heterocycles. The number of rotatable bonds is 3. The lowest BCUT2D eigenvalue weighted by Crippen LogP contribution is -2.52. The van der Waals surface area contributed by atoms with Crippen molar-refractivity contribution in [1.29, 1.82) is 0 Å². The standard InChI is InChI=1S/C11H15NO3S/c12-11(3-5-14-6-4-11)10(13)15-8-9-2-1-7-16-9/h1-2,7H,3-6,8,12H2. The lowest BCUT2D eigenvalue weighted by molar-refractivity contribution is -0.155. The Bertz CT molecular complexity index is 344. The van der Waals surface area contributed by atoms with Gasteiger partial charge in [-0.05, 0) is 24.3 Å². The topological polar surface area (TPSA) is 61.6 Å². The van der Waals surface area contributed by atoms with E-state index >= 15 is 0 Å². The minimum absolute atomic E-state index is 0.316. The highest BCUT2D eigenvalue weighted by Gasteiger charge is 2.37. The van der Waals surface area contributed by atoms with Crippen LogP contribution in [0.3, 0.4) is 0 Å². The maximum absolute atomic E-state index is 11.8. The molecule has 5 heteroatoms. The maximum Gasteiger partial charge on any atom is 0.326 e. The molecule has 0 atom stereocenters. The van der Waals surface area contributed by atoms with E-state index in [9.17, 15) is 4.79 Å². The Morgan fingerprint density at radius 3 is 2.94 bits per heavy atom. The fourth-order valence-corrected chi connectivity index (χ4v) is 2.23. The van der Waals surface area contributed by atoms with Crippen LogP contribution in [0.25, 0.3) is 0 Å². The van der Waals surface area contributed by atoms with Gasteiger partial charge in [0.1, 0.15) is 12.1 Å². The molecule has 0 aliphatic carbocycles. The van der Waals surface area contributed by atoms with Crippen LogP contribution in [0.2, 0.25) is 0 Å². The summed E-state index contributed by atoms with van der Waals surface area (Å²) in [6, 6.07) is 3.87. The summed E-state index contributed by atoms with van der Waals surface area (Å²) in [5, 5.41) is 1.95. The lowest BCUT2D eigenvalue weighted by Gasteiger charge is -2.30. The van der Waals surface area contributed by atoms with Crippen LogP contribution in [0.15, 0.2) is 17.5 Å². The first-order chi connectivity index (χ1) is 7.71. The van der Waals surface area contributed by atoms with Gasteiger partial charge in [0.2, 0.25) is 0 Å². The molecule has 1 fully saturated rings. The average molecular weight is 241 g/mol. The van der Waals surface area contributed by atoms with Gasteiger partial charge in [0.15, 0.2) is 0 Å². The molecule has 2 rings (SSSR count). The predicted octanol–water partition coefficient (Wildman–Crippen LogP) is 1.30. The molecule has 4 nitrogen and oxygen atoms in total. The summed E-state index contributed by atoms with van der Waals surface area (Å²) in [7, 11) is 0. The zero-order chi connectivity index (χ0) is 11.4. The van der Waals surface area contributed by atoms with Crippen molar-refractivity contribution in [3.63, 3.8) is 0 Å². The van der Waals surface area contributed by atoms with Gasteiger partial charge in [0.25, 0.3) is 0 Å². The van der Waals surface area contributed by atoms with Gasteiger partial charge in [0.05, 0.1) is 0 Å². The summed E-state index contributed by atoms with van der Waals surface area (Å²) in [5.74, 6) is -0.316. The molecule has 2 N–H and O–H groups in total. The van der Waals surface area contributed by atoms with Crippen LogP contribution in [0.5, 0.6) is 0 Å². The van der Waals surface area contributed by atoms with Crippen LogP contribution in [0.4, 0.5) is 0 Å². The van der Waals surface area contributed by atoms with Crippen LogP contribution in [0.1, 0.15) is 17.7 Å². The van der Waals surface area contributed by atoms with Crippen LogP contribution >= 0.6 is 11.3 Å². The van der Waals surface area contributed by atoms with Crippen molar-refractivity contribution in [3.8, 4) is 0 Å². The minimum Gasteiger partial charge on any atom is -0.459 e. The van der Waals surface area contributed by atoms with Gasteiger partial charge in [-0.2, -0.15) is 0 Å². The summed E-state index contributed by atoms with van der Waals surface area (Å²) < 4.78 is 10.4. The van der Waals surface area contributed by atoms with E-state index in [1.165, 1.54) is 0 Å². The zero-order valence-electron chi connectivity index (χ0n) is 8.98. The quantitative estimate of drug-likeness (QED) is 0.810. The van der Waals surface area contributed by atoms with Gasteiger partial charge in [-0.1, -0.05) is 6.07 Å². The Labute approximate surface area is 98.3 Å². The van der Waals surface area contributed by atoms with E-state index in [-0.39, 0.29) is 5.97 Å². The third kappa shape index (κ3) is 2.61. The Kier molecular flexibility index (Phi) is 3.58. The summed E-state index contributed by atoms with van der Waals surface area (Å²) in [5.41, 5.74) is 5.14. The number of thiophene rings is 1. The average Bonchev–Trinajstić information content (AvgIpc) is 2.79. The van der Waals surface area contributed by atoms with Crippen molar-refractivity contribution in [2.45, 2.75) is 25.0 Å². The smallest absolute Gasteiger partial charge is 0.326 e. The molecule has 16 heavy (non-hydrogen) atoms. The van der Waals surface area contributed by atoms with Crippen molar-refractivity contribution in [1.82, 2.24) is 0 Å². The summed E-state index contributed by atoms with van der Waals surface area (Å²) in [4.78, 5) is 12.8. The van der Waals surface area contributed by atoms with Gasteiger partial charge in [-0.3, -0.25) is 4.79 Å². The van der Waals surface area contributed by atoms with Gasteiger partial charge in [-0.25, -0.2) is 0 Å². The van der Waals surface area contributed by atoms with Crippen LogP contribution in [0, 0.1) is 0 Å². The minimum atomic E-state index is -0.852. The monoisotopic (exact) mass is 241 g/mol. The molecule has 0 aromatic carbocycles. The normalized spacial score (nSPS) is 19.3. The maximum atomic E-state index is 11.8. The van der Waals surface area contributed by atoms with Crippen molar-refractivity contribution in [2.24, 2.45) is 5.73 Å². The summed E-state index contributed by atoms with van der Waals surface area (Å²) in [6.07, 6.45) is 1.08. The van der Waals surface area contributed by atoms with E-state index in [4.69, 9.17) is 15.2 Å². The van der Waals surface area contributed by atoms with E-state index in [1.807, 2.05) is 17.5 Å². The van der Waals surface area contributed by atoms with Crippen molar-refractivity contribution in [3.05, 3.63) is 22.4 Å². The first-order valence-electron chi connectivity index (χ1n) is 5.27. The number of hydrogen-bond donors (Lipinski definition) is 1. The molecule has 88 valence electrons. The third-order valence-corrected chi connectivity index (χ3v) is 3.57. The molecule has 0 saturated carbocycles. The van der Waals surface area contributed by atoms with Gasteiger partial charge in [0, 0.05) is 18.1 Å². The van der Waals surface area contributed by atoms with E-state index in [2.05, 4.69) is 0 Å². The third-order valence-electron chi connectivity index (χ3n) is 2.72. The van der Waals surface area contributed by atoms with Crippen LogP contribution in [-0.2, 0) is 20.9 Å². The van der Waals surface area contributed by atoms with Crippen molar-refractivity contribution < 1.29 is 14.3 Å². The first-order valence-corrected chi connectivity index (χ1v) is 6.15. The van der Waals surface area contributed by atoms with Gasteiger partial charge < -0.3 is 15.2 Å². The van der Waals surface area contributed by atoms with Crippen molar-refractivity contribution >= 4 is 17.3 Å². The summed E-state index contributed by atoms with van der Waals surface area (Å²) in [6.45, 7) is 1.38. The first kappa shape index (κ1) is 11.6. The van der Waals surface area contributed by atoms with E-state index in [1.54, 1.807) is 11.3 Å². The van der Waals surface area contributed by atoms with E-state index in [0.717, 1.165) is 4.88 Å². The highest BCUT2D eigenvalue weighted by Crippen LogP contribution is 2.20. The van der Waals surface area contributed by atoms with Gasteiger partial charge >= 0.3 is 5.97 Å². The highest BCUT2D eigenvalue weighted by molar-refractivity contribution is 7.09. The molecule has 2 heterocycles. The molecule has 1 aromatic rings. The molecular formula is C11H15NO3S. The Balaban J connectivity index is 1.87. The van der Waals surface area contributed by atoms with Crippen molar-refractivity contribution in [2.75, 3.05) is 13.2 Å². The van der Waals surface area contributed by atoms with E-state index in [0.29, 0.717) is 32.7 Å². The number of nitrogens with two attached hydrogens (primary N) is 1.